The summed E-state index contributed by atoms with van der Waals surface area (Å²) in [4.78, 5) is 15.7. The van der Waals surface area contributed by atoms with Crippen molar-refractivity contribution < 1.29 is 9.18 Å². The molecule has 1 amide bonds. The van der Waals surface area contributed by atoms with Gasteiger partial charge >= 0.3 is 0 Å². The lowest BCUT2D eigenvalue weighted by molar-refractivity contribution is -0.117. The molecule has 0 aliphatic heterocycles. The highest BCUT2D eigenvalue weighted by atomic mass is 19.1. The van der Waals surface area contributed by atoms with Crippen molar-refractivity contribution in [2.75, 3.05) is 5.32 Å². The maximum Gasteiger partial charge on any atom is 0.224 e. The van der Waals surface area contributed by atoms with Crippen LogP contribution in [0.2, 0.25) is 0 Å². The Morgan fingerprint density at radius 3 is 2.52 bits per heavy atom. The smallest absolute Gasteiger partial charge is 0.224 e. The van der Waals surface area contributed by atoms with Crippen LogP contribution >= 0.6 is 0 Å². The highest BCUT2D eigenvalue weighted by Crippen LogP contribution is 2.38. The van der Waals surface area contributed by atoms with E-state index in [1.54, 1.807) is 12.1 Å². The lowest BCUT2D eigenvalue weighted by Crippen LogP contribution is -2.20. The third-order valence-electron chi connectivity index (χ3n) is 4.92. The third kappa shape index (κ3) is 4.67. The number of hydrogen-bond acceptors (Lipinski definition) is 1. The summed E-state index contributed by atoms with van der Waals surface area (Å²) in [5.74, 6) is 0.558. The number of rotatable bonds is 4. The van der Waals surface area contributed by atoms with E-state index in [9.17, 15) is 9.18 Å². The molecular weight excluding hydrogens is 315 g/mol. The molecule has 4 heteroatoms. The zero-order valence-corrected chi connectivity index (χ0v) is 14.0. The second-order valence-corrected chi connectivity index (χ2v) is 6.68. The molecule has 3 nitrogen and oxygen atoms in total. The summed E-state index contributed by atoms with van der Waals surface area (Å²) in [6, 6.07) is 13.7. The molecule has 128 valence electrons. The highest BCUT2D eigenvalue weighted by molar-refractivity contribution is 5.90. The number of carbonyl (C=O) groups excluding carboxylic acids is 1. The molecule has 1 saturated carbocycles. The number of benzene rings is 2. The van der Waals surface area contributed by atoms with Gasteiger partial charge in [-0.15, -0.1) is 0 Å². The molecule has 1 N–H and O–H groups in total. The first-order chi connectivity index (χ1) is 12.1. The summed E-state index contributed by atoms with van der Waals surface area (Å²) in [5, 5.41) is 2.84. The van der Waals surface area contributed by atoms with Gasteiger partial charge in [0.25, 0.3) is 0 Å². The SMILES string of the molecule is [C-]#[N+]c1cccc(C2CCC(CC(=O)Nc3ccc(F)cc3)CC2)c1. The minimum absolute atomic E-state index is 0.00920. The fraction of sp³-hybridized carbons (Fsp3) is 0.333. The Morgan fingerprint density at radius 2 is 1.84 bits per heavy atom. The molecule has 2 aromatic carbocycles. The van der Waals surface area contributed by atoms with Crippen LogP contribution in [0.1, 0.15) is 43.6 Å². The van der Waals surface area contributed by atoms with Gasteiger partial charge in [0, 0.05) is 12.1 Å². The van der Waals surface area contributed by atoms with Crippen LogP contribution in [0.4, 0.5) is 15.8 Å². The second-order valence-electron chi connectivity index (χ2n) is 6.68. The van der Waals surface area contributed by atoms with Gasteiger partial charge in [-0.05, 0) is 61.8 Å². The molecule has 0 saturated heterocycles. The van der Waals surface area contributed by atoms with Crippen LogP contribution in [0.15, 0.2) is 48.5 Å². The van der Waals surface area contributed by atoms with Crippen molar-refractivity contribution in [1.29, 1.82) is 0 Å². The molecular formula is C21H21FN2O. The van der Waals surface area contributed by atoms with Gasteiger partial charge in [0.1, 0.15) is 5.82 Å². The van der Waals surface area contributed by atoms with Gasteiger partial charge in [0.05, 0.1) is 6.57 Å². The number of amides is 1. The Labute approximate surface area is 147 Å². The van der Waals surface area contributed by atoms with Crippen molar-refractivity contribution in [3.05, 3.63) is 71.3 Å². The normalized spacial score (nSPS) is 19.8. The summed E-state index contributed by atoms with van der Waals surface area (Å²) < 4.78 is 12.9. The van der Waals surface area contributed by atoms with E-state index in [-0.39, 0.29) is 11.7 Å². The number of hydrogen-bond donors (Lipinski definition) is 1. The molecule has 0 bridgehead atoms. The van der Waals surface area contributed by atoms with Gasteiger partial charge in [0.15, 0.2) is 5.69 Å². The topological polar surface area (TPSA) is 33.5 Å². The average Bonchev–Trinajstić information content (AvgIpc) is 2.64. The fourth-order valence-corrected chi connectivity index (χ4v) is 3.56. The number of halogens is 1. The van der Waals surface area contributed by atoms with Crippen LogP contribution in [-0.4, -0.2) is 5.91 Å². The Bertz CT molecular complexity index is 771. The minimum atomic E-state index is -0.307. The summed E-state index contributed by atoms with van der Waals surface area (Å²) in [6.45, 7) is 7.13. The summed E-state index contributed by atoms with van der Waals surface area (Å²) in [7, 11) is 0. The van der Waals surface area contributed by atoms with Crippen molar-refractivity contribution in [3.63, 3.8) is 0 Å². The second kappa shape index (κ2) is 7.94. The predicted octanol–water partition coefficient (Wildman–Crippen LogP) is 5.68. The maximum absolute atomic E-state index is 12.9. The number of nitrogens with one attached hydrogen (secondary N) is 1. The van der Waals surface area contributed by atoms with E-state index < -0.39 is 0 Å². The molecule has 1 aliphatic rings. The number of carbonyl (C=O) groups is 1. The van der Waals surface area contributed by atoms with Crippen LogP contribution in [0, 0.1) is 18.3 Å². The largest absolute Gasteiger partial charge is 0.326 e. The molecule has 0 aromatic heterocycles. The van der Waals surface area contributed by atoms with E-state index in [2.05, 4.69) is 16.2 Å². The molecule has 25 heavy (non-hydrogen) atoms. The maximum atomic E-state index is 12.9. The van der Waals surface area contributed by atoms with Gasteiger partial charge in [-0.3, -0.25) is 4.79 Å². The van der Waals surface area contributed by atoms with Gasteiger partial charge in [-0.2, -0.15) is 0 Å². The zero-order chi connectivity index (χ0) is 17.6. The predicted molar refractivity (Wildman–Crippen MR) is 97.0 cm³/mol. The van der Waals surface area contributed by atoms with E-state index in [1.165, 1.54) is 17.7 Å². The van der Waals surface area contributed by atoms with Gasteiger partial charge in [0.2, 0.25) is 5.91 Å². The van der Waals surface area contributed by atoms with Gasteiger partial charge in [-0.1, -0.05) is 29.8 Å². The molecule has 1 fully saturated rings. The van der Waals surface area contributed by atoms with E-state index >= 15 is 0 Å². The Morgan fingerprint density at radius 1 is 1.12 bits per heavy atom. The molecule has 0 radical (unpaired) electrons. The van der Waals surface area contributed by atoms with Crippen LogP contribution in [0.5, 0.6) is 0 Å². The summed E-state index contributed by atoms with van der Waals surface area (Å²) >= 11 is 0. The van der Waals surface area contributed by atoms with Crippen LogP contribution < -0.4 is 5.32 Å². The zero-order valence-electron chi connectivity index (χ0n) is 14.0. The van der Waals surface area contributed by atoms with Crippen molar-refractivity contribution in [3.8, 4) is 0 Å². The molecule has 0 atom stereocenters. The van der Waals surface area contributed by atoms with Gasteiger partial charge in [-0.25, -0.2) is 9.24 Å². The van der Waals surface area contributed by atoms with Crippen LogP contribution in [-0.2, 0) is 4.79 Å². The number of nitrogens with zero attached hydrogens (tertiary/aromatic N) is 1. The monoisotopic (exact) mass is 336 g/mol. The van der Waals surface area contributed by atoms with Crippen molar-refractivity contribution in [2.24, 2.45) is 5.92 Å². The first kappa shape index (κ1) is 17.2. The Kier molecular flexibility index (Phi) is 5.45. The Balaban J connectivity index is 1.49. The van der Waals surface area contributed by atoms with Crippen molar-refractivity contribution in [2.45, 2.75) is 38.0 Å². The quantitative estimate of drug-likeness (QED) is 0.716. The molecule has 2 aromatic rings. The summed E-state index contributed by atoms with van der Waals surface area (Å²) in [6.07, 6.45) is 4.64. The molecule has 3 rings (SSSR count). The van der Waals surface area contributed by atoms with E-state index in [0.29, 0.717) is 29.6 Å². The molecule has 1 aliphatic carbocycles. The Hall–Kier alpha value is -2.67. The lowest BCUT2D eigenvalue weighted by Gasteiger charge is -2.28. The molecule has 0 unspecified atom stereocenters. The van der Waals surface area contributed by atoms with E-state index in [1.807, 2.05) is 18.2 Å². The number of anilines is 1. The van der Waals surface area contributed by atoms with Crippen LogP contribution in [0.3, 0.4) is 0 Å². The molecule has 0 spiro atoms. The first-order valence-corrected chi connectivity index (χ1v) is 8.67. The average molecular weight is 336 g/mol. The highest BCUT2D eigenvalue weighted by Gasteiger charge is 2.24. The van der Waals surface area contributed by atoms with E-state index in [0.717, 1.165) is 25.7 Å². The van der Waals surface area contributed by atoms with Crippen molar-refractivity contribution >= 4 is 17.3 Å². The standard InChI is InChI=1S/C21H21FN2O/c1-23-20-4-2-3-17(14-20)16-7-5-15(6-8-16)13-21(25)24-19-11-9-18(22)10-12-19/h2-4,9-12,14-16H,5-8,13H2,(H,24,25). The van der Waals surface area contributed by atoms with Gasteiger partial charge < -0.3 is 5.32 Å². The van der Waals surface area contributed by atoms with Crippen LogP contribution in [0.25, 0.3) is 4.85 Å². The van der Waals surface area contributed by atoms with E-state index in [4.69, 9.17) is 6.57 Å². The molecule has 0 heterocycles. The lowest BCUT2D eigenvalue weighted by atomic mass is 9.77. The minimum Gasteiger partial charge on any atom is -0.326 e. The summed E-state index contributed by atoms with van der Waals surface area (Å²) in [5.41, 5.74) is 2.57. The first-order valence-electron chi connectivity index (χ1n) is 8.67. The third-order valence-corrected chi connectivity index (χ3v) is 4.92. The van der Waals surface area contributed by atoms with Crippen molar-refractivity contribution in [1.82, 2.24) is 0 Å². The fourth-order valence-electron chi connectivity index (χ4n) is 3.56.